The molecule has 36 heavy (non-hydrogen) atoms. The van der Waals surface area contributed by atoms with Crippen LogP contribution in [-0.2, 0) is 15.0 Å². The van der Waals surface area contributed by atoms with E-state index in [1.165, 1.54) is 23.8 Å². The monoisotopic (exact) mass is 490 g/mol. The Labute approximate surface area is 215 Å². The molecule has 3 aliphatic rings. The van der Waals surface area contributed by atoms with Crippen LogP contribution in [0, 0.1) is 12.8 Å². The maximum atomic E-state index is 13.0. The first-order chi connectivity index (χ1) is 17.2. The Morgan fingerprint density at radius 2 is 1.69 bits per heavy atom. The maximum Gasteiger partial charge on any atom is 0.225 e. The first-order valence-corrected chi connectivity index (χ1v) is 14.0. The van der Waals surface area contributed by atoms with Crippen molar-refractivity contribution in [1.29, 1.82) is 0 Å². The van der Waals surface area contributed by atoms with E-state index in [-0.39, 0.29) is 29.2 Å². The Morgan fingerprint density at radius 1 is 1.00 bits per heavy atom. The minimum atomic E-state index is -0.184. The summed E-state index contributed by atoms with van der Waals surface area (Å²) in [5, 5.41) is 8.30. The molecule has 2 heterocycles. The Hall–Kier alpha value is -2.63. The SMILES string of the molecule is Cc1ccc2nc(C(C)(C)C)cc(NC3CCC(NC(=O)C4CC(=O)N(C5CCCC5)C4)CC3)c2c1. The van der Waals surface area contributed by atoms with E-state index in [9.17, 15) is 9.59 Å². The third kappa shape index (κ3) is 5.37. The third-order valence-electron chi connectivity index (χ3n) is 8.46. The van der Waals surface area contributed by atoms with Crippen molar-refractivity contribution in [2.75, 3.05) is 11.9 Å². The van der Waals surface area contributed by atoms with Crippen molar-refractivity contribution >= 4 is 28.4 Å². The van der Waals surface area contributed by atoms with Gasteiger partial charge in [0.05, 0.1) is 11.4 Å². The van der Waals surface area contributed by atoms with E-state index >= 15 is 0 Å². The van der Waals surface area contributed by atoms with Crippen LogP contribution in [0.2, 0.25) is 0 Å². The first-order valence-electron chi connectivity index (χ1n) is 14.0. The number of hydrogen-bond donors (Lipinski definition) is 2. The van der Waals surface area contributed by atoms with Gasteiger partial charge in [0.2, 0.25) is 11.8 Å². The summed E-state index contributed by atoms with van der Waals surface area (Å²) >= 11 is 0. The number of aromatic nitrogens is 1. The summed E-state index contributed by atoms with van der Waals surface area (Å²) in [7, 11) is 0. The van der Waals surface area contributed by atoms with Gasteiger partial charge in [0, 0.05) is 53.3 Å². The van der Waals surface area contributed by atoms with Crippen molar-refractivity contribution in [1.82, 2.24) is 15.2 Å². The molecule has 1 saturated heterocycles. The summed E-state index contributed by atoms with van der Waals surface area (Å²) < 4.78 is 0. The molecule has 5 rings (SSSR count). The lowest BCUT2D eigenvalue weighted by molar-refractivity contribution is -0.130. The Balaban J connectivity index is 1.18. The molecule has 1 aliphatic heterocycles. The highest BCUT2D eigenvalue weighted by molar-refractivity contribution is 5.92. The van der Waals surface area contributed by atoms with E-state index in [2.05, 4.69) is 62.6 Å². The number of carbonyl (C=O) groups excluding carboxylic acids is 2. The fraction of sp³-hybridized carbons (Fsp3) is 0.633. The van der Waals surface area contributed by atoms with Gasteiger partial charge in [-0.3, -0.25) is 14.6 Å². The number of anilines is 1. The van der Waals surface area contributed by atoms with Crippen molar-refractivity contribution in [2.45, 2.75) is 109 Å². The molecule has 2 N–H and O–H groups in total. The fourth-order valence-corrected chi connectivity index (χ4v) is 6.24. The molecule has 6 nitrogen and oxygen atoms in total. The molecule has 2 saturated carbocycles. The van der Waals surface area contributed by atoms with Crippen LogP contribution in [-0.4, -0.2) is 46.4 Å². The number of amides is 2. The zero-order valence-corrected chi connectivity index (χ0v) is 22.4. The average Bonchev–Trinajstić information content (AvgIpc) is 3.49. The zero-order valence-electron chi connectivity index (χ0n) is 22.4. The lowest BCUT2D eigenvalue weighted by Gasteiger charge is -2.31. The number of likely N-dealkylation sites (tertiary alicyclic amines) is 1. The van der Waals surface area contributed by atoms with Crippen LogP contribution in [0.3, 0.4) is 0 Å². The molecule has 0 spiro atoms. The molecule has 2 aromatic rings. The third-order valence-corrected chi connectivity index (χ3v) is 8.46. The molecule has 2 amide bonds. The van der Waals surface area contributed by atoms with Gasteiger partial charge in [-0.15, -0.1) is 0 Å². The number of pyridine rings is 1. The quantitative estimate of drug-likeness (QED) is 0.583. The van der Waals surface area contributed by atoms with Crippen molar-refractivity contribution in [3.8, 4) is 0 Å². The maximum absolute atomic E-state index is 13.0. The van der Waals surface area contributed by atoms with E-state index in [4.69, 9.17) is 4.98 Å². The second-order valence-corrected chi connectivity index (χ2v) is 12.4. The van der Waals surface area contributed by atoms with Crippen LogP contribution >= 0.6 is 0 Å². The minimum absolute atomic E-state index is 0.0214. The van der Waals surface area contributed by atoms with Crippen LogP contribution in [0.15, 0.2) is 24.3 Å². The molecular weight excluding hydrogens is 448 g/mol. The average molecular weight is 491 g/mol. The van der Waals surface area contributed by atoms with Crippen LogP contribution in [0.4, 0.5) is 5.69 Å². The number of carbonyl (C=O) groups is 2. The second kappa shape index (κ2) is 10.0. The van der Waals surface area contributed by atoms with Crippen molar-refractivity contribution < 1.29 is 9.59 Å². The first kappa shape index (κ1) is 25.0. The topological polar surface area (TPSA) is 74.3 Å². The molecular formula is C30H42N4O2. The van der Waals surface area contributed by atoms with Crippen LogP contribution in [0.5, 0.6) is 0 Å². The summed E-state index contributed by atoms with van der Waals surface area (Å²) in [6, 6.07) is 9.65. The summed E-state index contributed by atoms with van der Waals surface area (Å²) in [4.78, 5) is 32.4. The normalized spacial score (nSPS) is 25.5. The van der Waals surface area contributed by atoms with Crippen LogP contribution < -0.4 is 10.6 Å². The van der Waals surface area contributed by atoms with E-state index in [0.717, 1.165) is 55.4 Å². The van der Waals surface area contributed by atoms with E-state index in [1.807, 2.05) is 4.90 Å². The Morgan fingerprint density at radius 3 is 2.39 bits per heavy atom. The summed E-state index contributed by atoms with van der Waals surface area (Å²) in [5.41, 5.74) is 4.51. The largest absolute Gasteiger partial charge is 0.382 e. The molecule has 194 valence electrons. The molecule has 1 aromatic heterocycles. The lowest BCUT2D eigenvalue weighted by Crippen LogP contribution is -2.43. The molecule has 2 aliphatic carbocycles. The molecule has 0 bridgehead atoms. The van der Waals surface area contributed by atoms with Gasteiger partial charge in [-0.05, 0) is 63.6 Å². The highest BCUT2D eigenvalue weighted by atomic mass is 16.2. The van der Waals surface area contributed by atoms with Crippen molar-refractivity contribution in [2.24, 2.45) is 5.92 Å². The smallest absolute Gasteiger partial charge is 0.225 e. The molecule has 1 aromatic carbocycles. The summed E-state index contributed by atoms with van der Waals surface area (Å²) in [6.45, 7) is 9.35. The zero-order chi connectivity index (χ0) is 25.4. The Kier molecular flexibility index (Phi) is 6.97. The van der Waals surface area contributed by atoms with Gasteiger partial charge >= 0.3 is 0 Å². The summed E-state index contributed by atoms with van der Waals surface area (Å²) in [6.07, 6.45) is 8.94. The van der Waals surface area contributed by atoms with Gasteiger partial charge in [0.25, 0.3) is 0 Å². The van der Waals surface area contributed by atoms with Gasteiger partial charge in [-0.25, -0.2) is 0 Å². The molecule has 3 fully saturated rings. The Bertz CT molecular complexity index is 1120. The van der Waals surface area contributed by atoms with Gasteiger partial charge in [-0.1, -0.05) is 45.2 Å². The second-order valence-electron chi connectivity index (χ2n) is 12.4. The number of hydrogen-bond acceptors (Lipinski definition) is 4. The number of rotatable bonds is 5. The van der Waals surface area contributed by atoms with E-state index in [0.29, 0.717) is 25.0 Å². The van der Waals surface area contributed by atoms with Gasteiger partial charge in [-0.2, -0.15) is 0 Å². The fourth-order valence-electron chi connectivity index (χ4n) is 6.24. The highest BCUT2D eigenvalue weighted by Gasteiger charge is 2.39. The van der Waals surface area contributed by atoms with Gasteiger partial charge in [0.1, 0.15) is 0 Å². The standard InChI is InChI=1S/C30H42N4O2/c1-19-9-14-25-24(15-19)26(17-27(33-25)30(2,3)4)31-21-10-12-22(13-11-21)32-29(36)20-16-28(35)34(18-20)23-7-5-6-8-23/h9,14-15,17,20-23H,5-8,10-13,16,18H2,1-4H3,(H,31,33)(H,32,36). The van der Waals surface area contributed by atoms with Crippen molar-refractivity contribution in [3.63, 3.8) is 0 Å². The number of fused-ring (bicyclic) bond motifs is 1. The minimum Gasteiger partial charge on any atom is -0.382 e. The van der Waals surface area contributed by atoms with E-state index < -0.39 is 0 Å². The number of benzene rings is 1. The molecule has 0 radical (unpaired) electrons. The number of aryl methyl sites for hydroxylation is 1. The van der Waals surface area contributed by atoms with Crippen LogP contribution in [0.1, 0.15) is 89.8 Å². The molecule has 1 atom stereocenters. The number of nitrogens with zero attached hydrogens (tertiary/aromatic N) is 2. The van der Waals surface area contributed by atoms with Crippen LogP contribution in [0.25, 0.3) is 10.9 Å². The molecule has 6 heteroatoms. The van der Waals surface area contributed by atoms with Gasteiger partial charge in [0.15, 0.2) is 0 Å². The van der Waals surface area contributed by atoms with Crippen molar-refractivity contribution in [3.05, 3.63) is 35.5 Å². The predicted molar refractivity (Wildman–Crippen MR) is 145 cm³/mol. The highest BCUT2D eigenvalue weighted by Crippen LogP contribution is 2.33. The number of nitrogens with one attached hydrogen (secondary N) is 2. The summed E-state index contributed by atoms with van der Waals surface area (Å²) in [5.74, 6) is 0.0614. The van der Waals surface area contributed by atoms with Gasteiger partial charge < -0.3 is 15.5 Å². The molecule has 1 unspecified atom stereocenters. The van der Waals surface area contributed by atoms with E-state index in [1.54, 1.807) is 0 Å². The predicted octanol–water partition coefficient (Wildman–Crippen LogP) is 5.47. The lowest BCUT2D eigenvalue weighted by atomic mass is 9.89.